The van der Waals surface area contributed by atoms with Gasteiger partial charge in [0.25, 0.3) is 0 Å². The molecule has 0 heterocycles. The number of benzene rings is 3. The summed E-state index contributed by atoms with van der Waals surface area (Å²) in [5.41, 5.74) is 3.09. The molecule has 1 N–H and O–H groups in total. The molecule has 0 aliphatic heterocycles. The zero-order valence-corrected chi connectivity index (χ0v) is 25.8. The van der Waals surface area contributed by atoms with Crippen molar-refractivity contribution in [1.29, 1.82) is 0 Å². The number of sulfonamides is 1. The predicted octanol–water partition coefficient (Wildman–Crippen LogP) is 4.63. The number of rotatable bonds is 11. The van der Waals surface area contributed by atoms with E-state index >= 15 is 0 Å². The lowest BCUT2D eigenvalue weighted by atomic mass is 10.0. The van der Waals surface area contributed by atoms with E-state index in [0.29, 0.717) is 11.4 Å². The van der Waals surface area contributed by atoms with Crippen LogP contribution in [-0.4, -0.2) is 56.6 Å². The van der Waals surface area contributed by atoms with E-state index in [-0.39, 0.29) is 18.9 Å². The molecule has 0 unspecified atom stereocenters. The summed E-state index contributed by atoms with van der Waals surface area (Å²) in [7, 11) is -2.28. The maximum atomic E-state index is 14.2. The Morgan fingerprint density at radius 3 is 2.20 bits per heavy atom. The summed E-state index contributed by atoms with van der Waals surface area (Å²) in [5.74, 6) is -0.207. The number of nitrogens with one attached hydrogen (secondary N) is 1. The average Bonchev–Trinajstić information content (AvgIpc) is 2.89. The summed E-state index contributed by atoms with van der Waals surface area (Å²) in [6.07, 6.45) is 1.34. The molecule has 220 valence electrons. The van der Waals surface area contributed by atoms with Crippen molar-refractivity contribution in [3.63, 3.8) is 0 Å². The van der Waals surface area contributed by atoms with Crippen molar-refractivity contribution in [2.24, 2.45) is 0 Å². The van der Waals surface area contributed by atoms with Gasteiger partial charge in [0.2, 0.25) is 21.8 Å². The lowest BCUT2D eigenvalue weighted by Gasteiger charge is -2.35. The third kappa shape index (κ3) is 9.08. The van der Waals surface area contributed by atoms with E-state index < -0.39 is 34.1 Å². The Balaban J connectivity index is 2.11. The van der Waals surface area contributed by atoms with E-state index in [4.69, 9.17) is 4.74 Å². The molecule has 0 saturated heterocycles. The summed E-state index contributed by atoms with van der Waals surface area (Å²) in [6.45, 7) is 8.93. The third-order valence-corrected chi connectivity index (χ3v) is 7.70. The Morgan fingerprint density at radius 2 is 1.59 bits per heavy atom. The Morgan fingerprint density at radius 1 is 0.927 bits per heavy atom. The van der Waals surface area contributed by atoms with Gasteiger partial charge in [-0.15, -0.1) is 0 Å². The first kappa shape index (κ1) is 31.7. The smallest absolute Gasteiger partial charge is 0.244 e. The van der Waals surface area contributed by atoms with Crippen molar-refractivity contribution in [3.8, 4) is 5.75 Å². The number of methoxy groups -OCH3 is 1. The van der Waals surface area contributed by atoms with Crippen LogP contribution < -0.4 is 14.4 Å². The molecule has 0 spiro atoms. The molecular weight excluding hydrogens is 538 g/mol. The highest BCUT2D eigenvalue weighted by Crippen LogP contribution is 2.25. The van der Waals surface area contributed by atoms with Gasteiger partial charge >= 0.3 is 0 Å². The molecule has 0 aliphatic carbocycles. The zero-order valence-electron chi connectivity index (χ0n) is 25.0. The lowest BCUT2D eigenvalue weighted by Crippen LogP contribution is -2.56. The number of ether oxygens (including phenoxy) is 1. The van der Waals surface area contributed by atoms with Crippen molar-refractivity contribution in [1.82, 2.24) is 10.2 Å². The molecule has 3 aromatic rings. The molecule has 0 aliphatic rings. The van der Waals surface area contributed by atoms with Crippen LogP contribution in [0.25, 0.3) is 0 Å². The fraction of sp³-hybridized carbons (Fsp3) is 0.375. The second-order valence-corrected chi connectivity index (χ2v) is 13.3. The van der Waals surface area contributed by atoms with Crippen LogP contribution in [0.5, 0.6) is 5.75 Å². The molecule has 3 aromatic carbocycles. The fourth-order valence-corrected chi connectivity index (χ4v) is 5.46. The van der Waals surface area contributed by atoms with Crippen molar-refractivity contribution in [2.45, 2.75) is 59.2 Å². The second kappa shape index (κ2) is 13.2. The minimum atomic E-state index is -3.84. The van der Waals surface area contributed by atoms with Crippen LogP contribution in [0.15, 0.2) is 72.8 Å². The number of hydrogen-bond donors (Lipinski definition) is 1. The number of aryl methyl sites for hydroxylation is 2. The van der Waals surface area contributed by atoms with Crippen molar-refractivity contribution in [2.75, 3.05) is 24.2 Å². The van der Waals surface area contributed by atoms with Gasteiger partial charge in [-0.25, -0.2) is 8.42 Å². The molecule has 0 fully saturated rings. The van der Waals surface area contributed by atoms with Gasteiger partial charge in [0, 0.05) is 18.5 Å². The molecule has 0 bridgehead atoms. The van der Waals surface area contributed by atoms with E-state index in [1.165, 1.54) is 4.90 Å². The predicted molar refractivity (Wildman–Crippen MR) is 163 cm³/mol. The van der Waals surface area contributed by atoms with Crippen LogP contribution in [0.1, 0.15) is 43.0 Å². The average molecular weight is 580 g/mol. The summed E-state index contributed by atoms with van der Waals surface area (Å²) >= 11 is 0. The van der Waals surface area contributed by atoms with E-state index in [1.807, 2.05) is 82.3 Å². The minimum absolute atomic E-state index is 0.0789. The molecule has 8 nitrogen and oxygen atoms in total. The van der Waals surface area contributed by atoms with Gasteiger partial charge < -0.3 is 15.0 Å². The number of nitrogens with zero attached hydrogens (tertiary/aromatic N) is 2. The Bertz CT molecular complexity index is 1470. The lowest BCUT2D eigenvalue weighted by molar-refractivity contribution is -0.140. The number of carbonyl (C=O) groups is 2. The molecular formula is C32H41N3O5S. The highest BCUT2D eigenvalue weighted by atomic mass is 32.2. The monoisotopic (exact) mass is 579 g/mol. The first-order valence-corrected chi connectivity index (χ1v) is 15.4. The summed E-state index contributed by atoms with van der Waals surface area (Å²) < 4.78 is 32.6. The van der Waals surface area contributed by atoms with Crippen LogP contribution in [-0.2, 0) is 32.6 Å². The maximum absolute atomic E-state index is 14.2. The van der Waals surface area contributed by atoms with Gasteiger partial charge in [-0.2, -0.15) is 0 Å². The standard InChI is InChI=1S/C32H41N3O5S/c1-23-16-17-24(2)28(18-23)35(41(7,38)39)22-30(36)34(21-26-14-11-15-27(19-26)40-6)29(31(37)33-32(3,4)5)20-25-12-9-8-10-13-25/h8-19,29H,20-22H2,1-7H3,(H,33,37)/t29-/m0/s1. The first-order valence-electron chi connectivity index (χ1n) is 13.5. The van der Waals surface area contributed by atoms with Gasteiger partial charge in [0.15, 0.2) is 0 Å². The van der Waals surface area contributed by atoms with Crippen molar-refractivity contribution in [3.05, 3.63) is 95.1 Å². The summed E-state index contributed by atoms with van der Waals surface area (Å²) in [4.78, 5) is 29.5. The number of amides is 2. The molecule has 0 saturated carbocycles. The molecule has 9 heteroatoms. The first-order chi connectivity index (χ1) is 19.2. The van der Waals surface area contributed by atoms with Gasteiger partial charge in [0.1, 0.15) is 18.3 Å². The highest BCUT2D eigenvalue weighted by molar-refractivity contribution is 7.92. The number of anilines is 1. The van der Waals surface area contributed by atoms with E-state index in [0.717, 1.165) is 32.8 Å². The minimum Gasteiger partial charge on any atom is -0.497 e. The highest BCUT2D eigenvalue weighted by Gasteiger charge is 2.34. The molecule has 2 amide bonds. The topological polar surface area (TPSA) is 96.0 Å². The largest absolute Gasteiger partial charge is 0.497 e. The van der Waals surface area contributed by atoms with Gasteiger partial charge in [-0.3, -0.25) is 13.9 Å². The summed E-state index contributed by atoms with van der Waals surface area (Å²) in [6, 6.07) is 21.3. The van der Waals surface area contributed by atoms with E-state index in [9.17, 15) is 18.0 Å². The van der Waals surface area contributed by atoms with Crippen LogP contribution in [0.2, 0.25) is 0 Å². The van der Waals surface area contributed by atoms with Gasteiger partial charge in [0.05, 0.1) is 19.1 Å². The molecule has 41 heavy (non-hydrogen) atoms. The number of carbonyl (C=O) groups excluding carboxylic acids is 2. The SMILES string of the molecule is COc1cccc(CN(C(=O)CN(c2cc(C)ccc2C)S(C)(=O)=O)[C@@H](Cc2ccccc2)C(=O)NC(C)(C)C)c1. The molecule has 0 aromatic heterocycles. The van der Waals surface area contributed by atoms with Gasteiger partial charge in [-0.05, 0) is 75.1 Å². The van der Waals surface area contributed by atoms with Crippen LogP contribution in [0, 0.1) is 13.8 Å². The van der Waals surface area contributed by atoms with E-state index in [2.05, 4.69) is 5.32 Å². The number of hydrogen-bond acceptors (Lipinski definition) is 5. The fourth-order valence-electron chi connectivity index (χ4n) is 4.56. The van der Waals surface area contributed by atoms with Crippen molar-refractivity contribution >= 4 is 27.5 Å². The molecule has 3 rings (SSSR count). The third-order valence-electron chi connectivity index (χ3n) is 6.57. The van der Waals surface area contributed by atoms with Crippen LogP contribution in [0.4, 0.5) is 5.69 Å². The van der Waals surface area contributed by atoms with E-state index in [1.54, 1.807) is 32.2 Å². The Kier molecular flexibility index (Phi) is 10.2. The molecule has 1 atom stereocenters. The van der Waals surface area contributed by atoms with Crippen LogP contribution in [0.3, 0.4) is 0 Å². The zero-order chi connectivity index (χ0) is 30.4. The summed E-state index contributed by atoms with van der Waals surface area (Å²) in [5, 5.41) is 3.03. The maximum Gasteiger partial charge on any atom is 0.244 e. The molecule has 0 radical (unpaired) electrons. The quantitative estimate of drug-likeness (QED) is 0.357. The normalized spacial score (nSPS) is 12.4. The van der Waals surface area contributed by atoms with Gasteiger partial charge in [-0.1, -0.05) is 54.6 Å². The Hall–Kier alpha value is -3.85. The Labute approximate surface area is 244 Å². The van der Waals surface area contributed by atoms with Crippen molar-refractivity contribution < 1.29 is 22.7 Å². The second-order valence-electron chi connectivity index (χ2n) is 11.4. The van der Waals surface area contributed by atoms with Crippen LogP contribution >= 0.6 is 0 Å².